The van der Waals surface area contributed by atoms with Crippen LogP contribution in [-0.2, 0) is 0 Å². The van der Waals surface area contributed by atoms with Crippen LogP contribution < -0.4 is 0 Å². The Morgan fingerprint density at radius 1 is 1.24 bits per heavy atom. The molecule has 0 bridgehead atoms. The Labute approximate surface area is 106 Å². The molecular formula is C15H16OS. The molecule has 2 rings (SSSR count). The van der Waals surface area contributed by atoms with Gasteiger partial charge in [-0.25, -0.2) is 0 Å². The maximum Gasteiger partial charge on any atom is 0.202 e. The van der Waals surface area contributed by atoms with E-state index in [1.165, 1.54) is 16.9 Å². The van der Waals surface area contributed by atoms with Crippen molar-refractivity contribution >= 4 is 17.1 Å². The minimum absolute atomic E-state index is 0.121. The highest BCUT2D eigenvalue weighted by atomic mass is 32.1. The lowest BCUT2D eigenvalue weighted by Gasteiger charge is -2.09. The molecule has 1 aromatic heterocycles. The average molecular weight is 244 g/mol. The number of ketones is 1. The minimum atomic E-state index is 0.121. The van der Waals surface area contributed by atoms with Crippen molar-refractivity contribution in [3.63, 3.8) is 0 Å². The number of hydrogen-bond acceptors (Lipinski definition) is 2. The molecule has 1 atom stereocenters. The molecule has 0 aliphatic rings. The summed E-state index contributed by atoms with van der Waals surface area (Å²) in [4.78, 5) is 12.9. The highest BCUT2D eigenvalue weighted by Gasteiger charge is 2.10. The smallest absolute Gasteiger partial charge is 0.202 e. The third-order valence-electron chi connectivity index (χ3n) is 3.10. The van der Waals surface area contributed by atoms with Gasteiger partial charge in [0.2, 0.25) is 5.78 Å². The summed E-state index contributed by atoms with van der Waals surface area (Å²) in [7, 11) is 0. The van der Waals surface area contributed by atoms with Crippen molar-refractivity contribution in [2.45, 2.75) is 26.2 Å². The molecule has 0 amide bonds. The molecule has 1 aromatic carbocycles. The molecule has 1 nitrogen and oxygen atoms in total. The van der Waals surface area contributed by atoms with Gasteiger partial charge in [-0.3, -0.25) is 4.79 Å². The molecule has 0 fully saturated rings. The number of benzene rings is 1. The van der Waals surface area contributed by atoms with E-state index < -0.39 is 0 Å². The van der Waals surface area contributed by atoms with Gasteiger partial charge in [0.05, 0.1) is 4.88 Å². The monoisotopic (exact) mass is 244 g/mol. The highest BCUT2D eigenvalue weighted by molar-refractivity contribution is 7.12. The standard InChI is InChI=1S/C15H16OS/c1-3-11(2)12-6-8-13(9-7-12)15(16)14-5-4-10-17-14/h4-11H,3H2,1-2H3. The van der Waals surface area contributed by atoms with Gasteiger partial charge in [0, 0.05) is 5.56 Å². The van der Waals surface area contributed by atoms with E-state index in [2.05, 4.69) is 26.0 Å². The van der Waals surface area contributed by atoms with Crippen molar-refractivity contribution in [2.24, 2.45) is 0 Å². The maximum absolute atomic E-state index is 12.1. The lowest BCUT2D eigenvalue weighted by molar-refractivity contribution is 0.104. The van der Waals surface area contributed by atoms with Crippen LogP contribution in [0.25, 0.3) is 0 Å². The first-order chi connectivity index (χ1) is 8.22. The van der Waals surface area contributed by atoms with Crippen LogP contribution in [0.1, 0.15) is 47.0 Å². The van der Waals surface area contributed by atoms with E-state index in [0.717, 1.165) is 16.9 Å². The predicted octanol–water partition coefficient (Wildman–Crippen LogP) is 4.49. The quantitative estimate of drug-likeness (QED) is 0.724. The fourth-order valence-electron chi connectivity index (χ4n) is 1.75. The van der Waals surface area contributed by atoms with Crippen LogP contribution in [0.2, 0.25) is 0 Å². The van der Waals surface area contributed by atoms with Crippen LogP contribution in [0.4, 0.5) is 0 Å². The van der Waals surface area contributed by atoms with E-state index in [1.807, 2.05) is 29.6 Å². The third-order valence-corrected chi connectivity index (χ3v) is 3.97. The Morgan fingerprint density at radius 2 is 1.94 bits per heavy atom. The first-order valence-electron chi connectivity index (χ1n) is 5.90. The van der Waals surface area contributed by atoms with Gasteiger partial charge in [0.1, 0.15) is 0 Å². The summed E-state index contributed by atoms with van der Waals surface area (Å²) in [6, 6.07) is 11.8. The van der Waals surface area contributed by atoms with E-state index in [4.69, 9.17) is 0 Å². The summed E-state index contributed by atoms with van der Waals surface area (Å²) in [5.74, 6) is 0.677. The van der Waals surface area contributed by atoms with E-state index in [9.17, 15) is 4.79 Å². The normalized spacial score (nSPS) is 12.4. The van der Waals surface area contributed by atoms with Crippen molar-refractivity contribution in [1.82, 2.24) is 0 Å². The number of thiophene rings is 1. The van der Waals surface area contributed by atoms with Gasteiger partial charge in [-0.1, -0.05) is 44.2 Å². The third kappa shape index (κ3) is 2.64. The fraction of sp³-hybridized carbons (Fsp3) is 0.267. The Bertz CT molecular complexity index is 482. The van der Waals surface area contributed by atoms with Gasteiger partial charge in [-0.2, -0.15) is 0 Å². The Balaban J connectivity index is 2.21. The Morgan fingerprint density at radius 3 is 2.47 bits per heavy atom. The molecular weight excluding hydrogens is 228 g/mol. The Hall–Kier alpha value is -1.41. The first-order valence-corrected chi connectivity index (χ1v) is 6.78. The van der Waals surface area contributed by atoms with Crippen LogP contribution in [0.5, 0.6) is 0 Å². The zero-order chi connectivity index (χ0) is 12.3. The van der Waals surface area contributed by atoms with Gasteiger partial charge in [-0.05, 0) is 29.3 Å². The van der Waals surface area contributed by atoms with Crippen molar-refractivity contribution in [1.29, 1.82) is 0 Å². The minimum Gasteiger partial charge on any atom is -0.288 e. The highest BCUT2D eigenvalue weighted by Crippen LogP contribution is 2.21. The SMILES string of the molecule is CCC(C)c1ccc(C(=O)c2cccs2)cc1. The molecule has 0 spiro atoms. The van der Waals surface area contributed by atoms with Gasteiger partial charge >= 0.3 is 0 Å². The number of hydrogen-bond donors (Lipinski definition) is 0. The fourth-order valence-corrected chi connectivity index (χ4v) is 2.43. The summed E-state index contributed by atoms with van der Waals surface area (Å²) in [5.41, 5.74) is 2.08. The van der Waals surface area contributed by atoms with Gasteiger partial charge in [-0.15, -0.1) is 11.3 Å². The van der Waals surface area contributed by atoms with Crippen LogP contribution >= 0.6 is 11.3 Å². The van der Waals surface area contributed by atoms with E-state index in [-0.39, 0.29) is 5.78 Å². The summed E-state index contributed by atoms with van der Waals surface area (Å²) in [6.45, 7) is 4.38. The molecule has 0 saturated carbocycles. The zero-order valence-electron chi connectivity index (χ0n) is 10.1. The van der Waals surface area contributed by atoms with Gasteiger partial charge in [0.25, 0.3) is 0 Å². The molecule has 1 unspecified atom stereocenters. The summed E-state index contributed by atoms with van der Waals surface area (Å²) in [5, 5.41) is 1.93. The second-order valence-electron chi connectivity index (χ2n) is 4.24. The molecule has 0 N–H and O–H groups in total. The van der Waals surface area contributed by atoms with Crippen molar-refractivity contribution in [2.75, 3.05) is 0 Å². The van der Waals surface area contributed by atoms with Crippen LogP contribution in [0, 0.1) is 0 Å². The van der Waals surface area contributed by atoms with Crippen LogP contribution in [0.3, 0.4) is 0 Å². The number of rotatable bonds is 4. The molecule has 88 valence electrons. The van der Waals surface area contributed by atoms with Crippen molar-refractivity contribution < 1.29 is 4.79 Å². The Kier molecular flexibility index (Phi) is 3.75. The number of carbonyl (C=O) groups is 1. The summed E-state index contributed by atoms with van der Waals surface area (Å²) >= 11 is 1.49. The summed E-state index contributed by atoms with van der Waals surface area (Å²) < 4.78 is 0. The lowest BCUT2D eigenvalue weighted by Crippen LogP contribution is -1.99. The molecule has 2 aromatic rings. The average Bonchev–Trinajstić information content (AvgIpc) is 2.91. The molecule has 0 radical (unpaired) electrons. The van der Waals surface area contributed by atoms with Gasteiger partial charge in [0.15, 0.2) is 0 Å². The molecule has 0 aliphatic heterocycles. The molecule has 0 saturated heterocycles. The van der Waals surface area contributed by atoms with Crippen LogP contribution in [-0.4, -0.2) is 5.78 Å². The topological polar surface area (TPSA) is 17.1 Å². The van der Waals surface area contributed by atoms with E-state index in [0.29, 0.717) is 5.92 Å². The van der Waals surface area contributed by atoms with Gasteiger partial charge < -0.3 is 0 Å². The van der Waals surface area contributed by atoms with E-state index in [1.54, 1.807) is 0 Å². The molecule has 1 heterocycles. The largest absolute Gasteiger partial charge is 0.288 e. The first kappa shape index (κ1) is 12.1. The van der Waals surface area contributed by atoms with Crippen molar-refractivity contribution in [3.8, 4) is 0 Å². The second-order valence-corrected chi connectivity index (χ2v) is 5.19. The zero-order valence-corrected chi connectivity index (χ0v) is 11.0. The molecule has 0 aliphatic carbocycles. The van der Waals surface area contributed by atoms with Crippen LogP contribution in [0.15, 0.2) is 41.8 Å². The van der Waals surface area contributed by atoms with E-state index >= 15 is 0 Å². The van der Waals surface area contributed by atoms with Crippen molar-refractivity contribution in [3.05, 3.63) is 57.8 Å². The maximum atomic E-state index is 12.1. The number of carbonyl (C=O) groups excluding carboxylic acids is 1. The molecule has 17 heavy (non-hydrogen) atoms. The second kappa shape index (κ2) is 5.28. The molecule has 2 heteroatoms. The lowest BCUT2D eigenvalue weighted by atomic mass is 9.97. The summed E-state index contributed by atoms with van der Waals surface area (Å²) in [6.07, 6.45) is 1.12. The predicted molar refractivity (Wildman–Crippen MR) is 72.9 cm³/mol.